The molecule has 4 aromatic rings. The van der Waals surface area contributed by atoms with E-state index in [0.29, 0.717) is 10.6 Å². The van der Waals surface area contributed by atoms with Gasteiger partial charge in [0, 0.05) is 25.0 Å². The molecule has 2 unspecified atom stereocenters. The second kappa shape index (κ2) is 9.56. The van der Waals surface area contributed by atoms with Crippen molar-refractivity contribution in [3.05, 3.63) is 151 Å². The summed E-state index contributed by atoms with van der Waals surface area (Å²) in [5, 5.41) is 2.19. The molecule has 0 amide bonds. The normalized spacial score (nSPS) is 21.2. The molecule has 3 aromatic carbocycles. The van der Waals surface area contributed by atoms with Crippen molar-refractivity contribution in [1.82, 2.24) is 0 Å². The Bertz CT molecular complexity index is 2000. The maximum atomic E-state index is 13.4. The highest BCUT2D eigenvalue weighted by Gasteiger charge is 2.43. The van der Waals surface area contributed by atoms with E-state index in [-0.39, 0.29) is 0 Å². The van der Waals surface area contributed by atoms with Gasteiger partial charge in [-0.05, 0) is 57.8 Å². The Hall–Kier alpha value is -4.49. The summed E-state index contributed by atoms with van der Waals surface area (Å²) in [5.41, 5.74) is 3.57. The van der Waals surface area contributed by atoms with Gasteiger partial charge in [-0.25, -0.2) is 4.79 Å². The van der Waals surface area contributed by atoms with Crippen LogP contribution in [0.2, 0.25) is 0 Å². The number of hydrogen-bond donors (Lipinski definition) is 0. The minimum absolute atomic E-state index is 0.376. The van der Waals surface area contributed by atoms with E-state index in [9.17, 15) is 4.79 Å². The summed E-state index contributed by atoms with van der Waals surface area (Å²) < 4.78 is 30.0. The Balaban J connectivity index is 1.56. The van der Waals surface area contributed by atoms with Gasteiger partial charge >= 0.3 is 5.63 Å². The number of hydrogen-bond acceptors (Lipinski definition) is 6. The lowest BCUT2D eigenvalue weighted by Crippen LogP contribution is -2.42. The fraction of sp³-hybridized carbons (Fsp3) is 0.171. The van der Waals surface area contributed by atoms with Crippen LogP contribution in [0.15, 0.2) is 106 Å². The Labute approximate surface area is 236 Å². The van der Waals surface area contributed by atoms with Gasteiger partial charge in [-0.2, -0.15) is 0 Å². The SMILES string of the molecule is COc1ccc(C2(c3ccccc3)C=CC3=c4ccccc4=c4oc(=O)c5c(c4C3O2)C=CC(OC)(OC)C=5)cc1. The van der Waals surface area contributed by atoms with Crippen molar-refractivity contribution in [2.45, 2.75) is 17.5 Å². The van der Waals surface area contributed by atoms with E-state index in [1.807, 2.05) is 78.9 Å². The fourth-order valence-electron chi connectivity index (χ4n) is 6.12. The number of methoxy groups -OCH3 is 3. The van der Waals surface area contributed by atoms with Crippen LogP contribution in [0.4, 0.5) is 0 Å². The minimum atomic E-state index is -1.17. The van der Waals surface area contributed by atoms with Crippen molar-refractivity contribution in [2.24, 2.45) is 0 Å². The first-order valence-corrected chi connectivity index (χ1v) is 13.4. The third kappa shape index (κ3) is 3.79. The van der Waals surface area contributed by atoms with Gasteiger partial charge in [0.1, 0.15) is 22.9 Å². The molecule has 0 saturated carbocycles. The van der Waals surface area contributed by atoms with Gasteiger partial charge in [0.05, 0.1) is 12.3 Å². The van der Waals surface area contributed by atoms with Crippen LogP contribution < -0.4 is 20.8 Å². The summed E-state index contributed by atoms with van der Waals surface area (Å²) in [7, 11) is 4.73. The average molecular weight is 545 g/mol. The molecule has 0 radical (unpaired) electrons. The van der Waals surface area contributed by atoms with E-state index in [4.69, 9.17) is 23.4 Å². The molecule has 2 heterocycles. The quantitative estimate of drug-likeness (QED) is 0.346. The Morgan fingerprint density at radius 1 is 0.756 bits per heavy atom. The lowest BCUT2D eigenvalue weighted by atomic mass is 9.79. The summed E-state index contributed by atoms with van der Waals surface area (Å²) in [6.45, 7) is 0. The van der Waals surface area contributed by atoms with Crippen LogP contribution in [0, 0.1) is 10.6 Å². The molecule has 7 rings (SSSR count). The summed E-state index contributed by atoms with van der Waals surface area (Å²) in [5.74, 6) is -0.406. The van der Waals surface area contributed by atoms with Gasteiger partial charge in [-0.15, -0.1) is 0 Å². The number of benzene rings is 3. The summed E-state index contributed by atoms with van der Waals surface area (Å²) in [4.78, 5) is 13.4. The van der Waals surface area contributed by atoms with E-state index < -0.39 is 23.1 Å². The maximum absolute atomic E-state index is 13.4. The Morgan fingerprint density at radius 2 is 1.44 bits per heavy atom. The molecule has 6 nitrogen and oxygen atoms in total. The lowest BCUT2D eigenvalue weighted by Gasteiger charge is -2.41. The summed E-state index contributed by atoms with van der Waals surface area (Å²) in [6, 6.07) is 26.0. The zero-order valence-corrected chi connectivity index (χ0v) is 22.9. The topological polar surface area (TPSA) is 67.1 Å². The highest BCUT2D eigenvalue weighted by Crippen LogP contribution is 2.48. The van der Waals surface area contributed by atoms with E-state index in [1.165, 1.54) is 14.2 Å². The van der Waals surface area contributed by atoms with E-state index in [1.54, 1.807) is 13.2 Å². The van der Waals surface area contributed by atoms with Crippen LogP contribution >= 0.6 is 0 Å². The van der Waals surface area contributed by atoms with Gasteiger partial charge in [0.2, 0.25) is 5.79 Å². The highest BCUT2D eigenvalue weighted by atomic mass is 16.7. The molecular weight excluding hydrogens is 516 g/mol. The predicted molar refractivity (Wildman–Crippen MR) is 155 cm³/mol. The monoisotopic (exact) mass is 544 g/mol. The van der Waals surface area contributed by atoms with Crippen molar-refractivity contribution < 1.29 is 23.4 Å². The molecule has 0 bridgehead atoms. The third-order valence-electron chi connectivity index (χ3n) is 8.26. The molecule has 1 aromatic heterocycles. The molecule has 2 aliphatic carbocycles. The number of rotatable bonds is 5. The molecule has 3 aliphatic rings. The largest absolute Gasteiger partial charge is 0.497 e. The average Bonchev–Trinajstić information content (AvgIpc) is 3.05. The van der Waals surface area contributed by atoms with Gasteiger partial charge in [-0.1, -0.05) is 78.9 Å². The number of fused-ring (bicyclic) bond motifs is 6. The fourth-order valence-corrected chi connectivity index (χ4v) is 6.12. The first kappa shape index (κ1) is 25.5. The summed E-state index contributed by atoms with van der Waals surface area (Å²) in [6.07, 6.45) is 9.08. The molecule has 0 fully saturated rings. The predicted octanol–water partition coefficient (Wildman–Crippen LogP) is 4.47. The third-order valence-corrected chi connectivity index (χ3v) is 8.26. The smallest absolute Gasteiger partial charge is 0.344 e. The minimum Gasteiger partial charge on any atom is -0.497 e. The van der Waals surface area contributed by atoms with Crippen LogP contribution in [0.1, 0.15) is 28.4 Å². The Kier molecular flexibility index (Phi) is 5.94. The van der Waals surface area contributed by atoms with Crippen LogP contribution in [0.5, 0.6) is 5.75 Å². The molecule has 1 aliphatic heterocycles. The van der Waals surface area contributed by atoms with Gasteiger partial charge in [0.25, 0.3) is 0 Å². The van der Waals surface area contributed by atoms with Crippen LogP contribution in [-0.2, 0) is 19.8 Å². The first-order valence-electron chi connectivity index (χ1n) is 13.4. The van der Waals surface area contributed by atoms with Crippen molar-refractivity contribution in [1.29, 1.82) is 0 Å². The maximum Gasteiger partial charge on any atom is 0.344 e. The zero-order valence-electron chi connectivity index (χ0n) is 22.9. The van der Waals surface area contributed by atoms with Crippen LogP contribution in [0.25, 0.3) is 17.7 Å². The van der Waals surface area contributed by atoms with Crippen molar-refractivity contribution >= 4 is 17.7 Å². The zero-order chi connectivity index (χ0) is 28.2. The number of ether oxygens (including phenoxy) is 4. The first-order chi connectivity index (χ1) is 20.0. The van der Waals surface area contributed by atoms with E-state index in [0.717, 1.165) is 44.0 Å². The summed E-state index contributed by atoms with van der Waals surface area (Å²) >= 11 is 0. The van der Waals surface area contributed by atoms with E-state index >= 15 is 0 Å². The van der Waals surface area contributed by atoms with Gasteiger partial charge < -0.3 is 23.4 Å². The van der Waals surface area contributed by atoms with Crippen LogP contribution in [0.3, 0.4) is 0 Å². The molecular formula is C35H28O6. The molecule has 0 N–H and O–H groups in total. The molecule has 0 saturated heterocycles. The van der Waals surface area contributed by atoms with E-state index in [2.05, 4.69) is 24.3 Å². The standard InChI is InChI=1S/C35H28O6/c1-37-24-15-13-23(14-16-24)35(22-9-5-4-6-10-22)20-18-28-25-11-7-8-12-27(25)31-30(32(28)41-35)26-17-19-34(38-2,39-3)21-29(26)33(36)40-31/h4-21,32H,1-3H3. The molecule has 6 heteroatoms. The van der Waals surface area contributed by atoms with Crippen molar-refractivity contribution in [3.8, 4) is 5.75 Å². The van der Waals surface area contributed by atoms with Crippen LogP contribution in [-0.4, -0.2) is 27.1 Å². The second-order valence-corrected chi connectivity index (χ2v) is 10.2. The van der Waals surface area contributed by atoms with Crippen molar-refractivity contribution in [3.63, 3.8) is 0 Å². The molecule has 41 heavy (non-hydrogen) atoms. The highest BCUT2D eigenvalue weighted by molar-refractivity contribution is 5.73. The van der Waals surface area contributed by atoms with Gasteiger partial charge in [-0.3, -0.25) is 0 Å². The molecule has 204 valence electrons. The second-order valence-electron chi connectivity index (χ2n) is 10.2. The molecule has 0 spiro atoms. The molecule has 2 atom stereocenters. The van der Waals surface area contributed by atoms with Crippen molar-refractivity contribution in [2.75, 3.05) is 21.3 Å². The van der Waals surface area contributed by atoms with Gasteiger partial charge in [0.15, 0.2) is 0 Å². The lowest BCUT2D eigenvalue weighted by molar-refractivity contribution is -0.120. The Morgan fingerprint density at radius 3 is 2.15 bits per heavy atom.